The van der Waals surface area contributed by atoms with Gasteiger partial charge in [0.1, 0.15) is 17.1 Å². The number of carbonyl (C=O) groups is 2. The number of rotatable bonds is 12. The smallest absolute Gasteiger partial charge is 0.374 e. The summed E-state index contributed by atoms with van der Waals surface area (Å²) in [5.41, 5.74) is 2.49. The molecule has 0 aliphatic heterocycles. The molecule has 0 fully saturated rings. The molecule has 0 atom stereocenters. The molecule has 1 N–H and O–H groups in total. The van der Waals surface area contributed by atoms with Crippen molar-refractivity contribution in [2.45, 2.75) is 52.8 Å². The SMILES string of the molecule is C=CCc1cc(CN(CC(=O)O)Cc2nc(-c3ccccc3)oc2C)ccc1OC(=C)C(=O)OC(C)(C)C. The summed E-state index contributed by atoms with van der Waals surface area (Å²) in [5.74, 6) is -0.134. The Hall–Kier alpha value is -4.17. The van der Waals surface area contributed by atoms with Gasteiger partial charge in [-0.1, -0.05) is 36.4 Å². The third-order valence-electron chi connectivity index (χ3n) is 5.40. The van der Waals surface area contributed by atoms with Crippen LogP contribution in [-0.2, 0) is 33.8 Å². The summed E-state index contributed by atoms with van der Waals surface area (Å²) in [6.45, 7) is 15.1. The summed E-state index contributed by atoms with van der Waals surface area (Å²) in [5, 5.41) is 9.53. The van der Waals surface area contributed by atoms with Gasteiger partial charge in [0.2, 0.25) is 11.6 Å². The summed E-state index contributed by atoms with van der Waals surface area (Å²) in [7, 11) is 0. The van der Waals surface area contributed by atoms with Gasteiger partial charge >= 0.3 is 11.9 Å². The number of carboxylic acid groups (broad SMARTS) is 1. The molecule has 0 unspecified atom stereocenters. The second kappa shape index (κ2) is 12.4. The van der Waals surface area contributed by atoms with Gasteiger partial charge in [-0.3, -0.25) is 9.69 Å². The number of aryl methyl sites for hydroxylation is 1. The lowest BCUT2D eigenvalue weighted by molar-refractivity contribution is -0.152. The van der Waals surface area contributed by atoms with Crippen LogP contribution in [-0.4, -0.2) is 39.1 Å². The monoisotopic (exact) mass is 518 g/mol. The molecule has 0 amide bonds. The Kier molecular flexibility index (Phi) is 9.25. The number of ether oxygens (including phenoxy) is 2. The van der Waals surface area contributed by atoms with E-state index in [0.29, 0.717) is 42.6 Å². The fraction of sp³-hybridized carbons (Fsp3) is 0.300. The molecule has 200 valence electrons. The maximum Gasteiger partial charge on any atom is 0.374 e. The molecule has 3 rings (SSSR count). The van der Waals surface area contributed by atoms with Crippen LogP contribution >= 0.6 is 0 Å². The van der Waals surface area contributed by atoms with E-state index in [1.807, 2.05) is 49.4 Å². The summed E-state index contributed by atoms with van der Waals surface area (Å²) < 4.78 is 16.9. The standard InChI is InChI=1S/C30H34N2O6/c1-7-11-24-16-22(14-15-26(24)36-21(3)29(35)38-30(4,5)6)17-32(19-27(33)34)18-25-20(2)37-28(31-25)23-12-9-8-10-13-23/h7-10,12-16H,1,3,11,17-19H2,2,4-6H3,(H,33,34). The number of oxazole rings is 1. The van der Waals surface area contributed by atoms with Crippen molar-refractivity contribution in [3.8, 4) is 17.2 Å². The molecule has 0 bridgehead atoms. The van der Waals surface area contributed by atoms with Gasteiger partial charge in [0.05, 0.1) is 12.2 Å². The summed E-state index contributed by atoms with van der Waals surface area (Å²) >= 11 is 0. The zero-order valence-corrected chi connectivity index (χ0v) is 22.3. The van der Waals surface area contributed by atoms with Crippen molar-refractivity contribution in [1.29, 1.82) is 0 Å². The first-order valence-electron chi connectivity index (χ1n) is 12.2. The summed E-state index contributed by atoms with van der Waals surface area (Å²) in [4.78, 5) is 30.3. The Morgan fingerprint density at radius 3 is 2.47 bits per heavy atom. The molecule has 0 spiro atoms. The van der Waals surface area contributed by atoms with E-state index in [0.717, 1.165) is 16.7 Å². The third kappa shape index (κ3) is 8.18. The average molecular weight is 519 g/mol. The number of carbonyl (C=O) groups excluding carboxylic acids is 1. The largest absolute Gasteiger partial charge is 0.480 e. The Balaban J connectivity index is 1.79. The van der Waals surface area contributed by atoms with Crippen LogP contribution in [0.25, 0.3) is 11.5 Å². The van der Waals surface area contributed by atoms with Gasteiger partial charge in [0.25, 0.3) is 0 Å². The highest BCUT2D eigenvalue weighted by molar-refractivity contribution is 5.86. The van der Waals surface area contributed by atoms with Crippen molar-refractivity contribution >= 4 is 11.9 Å². The predicted octanol–water partition coefficient (Wildman–Crippen LogP) is 5.70. The van der Waals surface area contributed by atoms with Crippen molar-refractivity contribution < 1.29 is 28.6 Å². The minimum atomic E-state index is -0.950. The van der Waals surface area contributed by atoms with Crippen LogP contribution in [0.2, 0.25) is 0 Å². The second-order valence-electron chi connectivity index (χ2n) is 9.89. The van der Waals surface area contributed by atoms with E-state index in [9.17, 15) is 14.7 Å². The maximum atomic E-state index is 12.3. The highest BCUT2D eigenvalue weighted by Crippen LogP contribution is 2.26. The van der Waals surface area contributed by atoms with Crippen LogP contribution in [0, 0.1) is 6.92 Å². The Labute approximate surface area is 223 Å². The average Bonchev–Trinajstić information content (AvgIpc) is 3.20. The van der Waals surface area contributed by atoms with E-state index in [4.69, 9.17) is 13.9 Å². The first-order chi connectivity index (χ1) is 17.9. The minimum Gasteiger partial charge on any atom is -0.480 e. The van der Waals surface area contributed by atoms with Gasteiger partial charge < -0.3 is 19.0 Å². The van der Waals surface area contributed by atoms with Crippen molar-refractivity contribution in [2.75, 3.05) is 6.54 Å². The van der Waals surface area contributed by atoms with E-state index in [2.05, 4.69) is 18.1 Å². The summed E-state index contributed by atoms with van der Waals surface area (Å²) in [6.07, 6.45) is 2.20. The van der Waals surface area contributed by atoms with Crippen molar-refractivity contribution in [1.82, 2.24) is 9.88 Å². The lowest BCUT2D eigenvalue weighted by Crippen LogP contribution is -2.29. The number of hydrogen-bond acceptors (Lipinski definition) is 7. The molecule has 0 aliphatic rings. The number of carboxylic acids is 1. The van der Waals surface area contributed by atoms with Gasteiger partial charge in [-0.25, -0.2) is 9.78 Å². The predicted molar refractivity (Wildman–Crippen MR) is 144 cm³/mol. The number of allylic oxidation sites excluding steroid dienone is 1. The van der Waals surface area contributed by atoms with Crippen LogP contribution in [0.1, 0.15) is 43.4 Å². The second-order valence-corrected chi connectivity index (χ2v) is 9.89. The molecule has 0 aliphatic carbocycles. The molecule has 3 aromatic rings. The Morgan fingerprint density at radius 2 is 1.84 bits per heavy atom. The summed E-state index contributed by atoms with van der Waals surface area (Å²) in [6, 6.07) is 15.0. The van der Waals surface area contributed by atoms with Crippen molar-refractivity contribution in [2.24, 2.45) is 0 Å². The van der Waals surface area contributed by atoms with E-state index >= 15 is 0 Å². The molecule has 8 nitrogen and oxygen atoms in total. The Morgan fingerprint density at radius 1 is 1.13 bits per heavy atom. The number of aliphatic carboxylic acids is 1. The third-order valence-corrected chi connectivity index (χ3v) is 5.40. The van der Waals surface area contributed by atoms with Crippen molar-refractivity contribution in [3.05, 3.63) is 96.1 Å². The van der Waals surface area contributed by atoms with Crippen molar-refractivity contribution in [3.63, 3.8) is 0 Å². The number of esters is 1. The van der Waals surface area contributed by atoms with Crippen LogP contribution in [0.5, 0.6) is 5.75 Å². The topological polar surface area (TPSA) is 102 Å². The fourth-order valence-electron chi connectivity index (χ4n) is 3.76. The van der Waals surface area contributed by atoms with Gasteiger partial charge in [0, 0.05) is 18.7 Å². The van der Waals surface area contributed by atoms with Gasteiger partial charge in [-0.15, -0.1) is 6.58 Å². The maximum absolute atomic E-state index is 12.3. The first kappa shape index (κ1) is 28.4. The molecule has 38 heavy (non-hydrogen) atoms. The number of aromatic nitrogens is 1. The zero-order valence-electron chi connectivity index (χ0n) is 22.3. The number of nitrogens with zero attached hydrogens (tertiary/aromatic N) is 2. The lowest BCUT2D eigenvalue weighted by Gasteiger charge is -2.22. The van der Waals surface area contributed by atoms with Gasteiger partial charge in [-0.05, 0) is 70.0 Å². The fourth-order valence-corrected chi connectivity index (χ4v) is 3.76. The van der Waals surface area contributed by atoms with Crippen LogP contribution in [0.15, 0.2) is 77.9 Å². The Bertz CT molecular complexity index is 1300. The first-order valence-corrected chi connectivity index (χ1v) is 12.2. The molecule has 1 aromatic heterocycles. The molecule has 0 radical (unpaired) electrons. The van der Waals surface area contributed by atoms with E-state index < -0.39 is 17.5 Å². The molecule has 0 saturated carbocycles. The molecular weight excluding hydrogens is 484 g/mol. The van der Waals surface area contributed by atoms with E-state index in [-0.39, 0.29) is 12.3 Å². The highest BCUT2D eigenvalue weighted by atomic mass is 16.6. The van der Waals surface area contributed by atoms with E-state index in [1.54, 1.807) is 37.8 Å². The van der Waals surface area contributed by atoms with Crippen LogP contribution < -0.4 is 4.74 Å². The normalized spacial score (nSPS) is 11.3. The molecule has 0 saturated heterocycles. The minimum absolute atomic E-state index is 0.124. The zero-order chi connectivity index (χ0) is 27.9. The van der Waals surface area contributed by atoms with Gasteiger partial charge in [0.15, 0.2) is 0 Å². The van der Waals surface area contributed by atoms with Crippen LogP contribution in [0.4, 0.5) is 0 Å². The number of hydrogen-bond donors (Lipinski definition) is 1. The molecule has 8 heteroatoms. The highest BCUT2D eigenvalue weighted by Gasteiger charge is 2.22. The van der Waals surface area contributed by atoms with Gasteiger partial charge in [-0.2, -0.15) is 0 Å². The molecule has 1 heterocycles. The number of benzene rings is 2. The van der Waals surface area contributed by atoms with Crippen LogP contribution in [0.3, 0.4) is 0 Å². The van der Waals surface area contributed by atoms with E-state index in [1.165, 1.54) is 0 Å². The molecular formula is C30H34N2O6. The quantitative estimate of drug-likeness (QED) is 0.141. The lowest BCUT2D eigenvalue weighted by atomic mass is 10.1. The molecule has 2 aromatic carbocycles.